The van der Waals surface area contributed by atoms with E-state index in [9.17, 15) is 4.79 Å². The molecule has 1 aromatic carbocycles. The zero-order valence-electron chi connectivity index (χ0n) is 10.6. The van der Waals surface area contributed by atoms with Gasteiger partial charge in [-0.25, -0.2) is 4.79 Å². The molecule has 0 spiro atoms. The summed E-state index contributed by atoms with van der Waals surface area (Å²) in [6.45, 7) is 1.18. The third-order valence-corrected chi connectivity index (χ3v) is 3.38. The lowest BCUT2D eigenvalue weighted by Gasteiger charge is -2.25. The summed E-state index contributed by atoms with van der Waals surface area (Å²) in [6.07, 6.45) is 6.87. The minimum atomic E-state index is -0.825. The number of rotatable bonds is 2. The molecular weight excluding hydrogens is 262 g/mol. The van der Waals surface area contributed by atoms with Gasteiger partial charge in [0.2, 0.25) is 0 Å². The van der Waals surface area contributed by atoms with Crippen molar-refractivity contribution < 1.29 is 9.90 Å². The number of amides is 1. The quantitative estimate of drug-likeness (QED) is 0.886. The van der Waals surface area contributed by atoms with Crippen molar-refractivity contribution >= 4 is 23.8 Å². The molecule has 1 aromatic rings. The average Bonchev–Trinajstić information content (AvgIpc) is 2.39. The number of piperidine rings is 1. The first kappa shape index (κ1) is 13.7. The van der Waals surface area contributed by atoms with E-state index in [4.69, 9.17) is 16.7 Å². The van der Waals surface area contributed by atoms with Gasteiger partial charge in [-0.15, -0.1) is 0 Å². The fraction of sp³-hybridized carbons (Fsp3) is 0.267. The molecule has 0 bridgehead atoms. The second-order valence-corrected chi connectivity index (χ2v) is 4.95. The fourth-order valence-corrected chi connectivity index (χ4v) is 2.26. The van der Waals surface area contributed by atoms with Crippen LogP contribution in [0, 0.1) is 0 Å². The SMILES string of the molecule is O=C(O)N1CCC(=CC=Cc2cccc(Cl)c2)CC1. The molecule has 0 aliphatic carbocycles. The molecule has 100 valence electrons. The standard InChI is InChI=1S/C15H16ClNO2/c16-14-6-2-5-13(11-14)4-1-3-12-7-9-17(10-8-12)15(18)19/h1-6,11H,7-10H2,(H,18,19). The molecule has 0 atom stereocenters. The molecule has 2 rings (SSSR count). The van der Waals surface area contributed by atoms with Gasteiger partial charge in [0.1, 0.15) is 0 Å². The minimum Gasteiger partial charge on any atom is -0.465 e. The molecule has 1 aliphatic rings. The van der Waals surface area contributed by atoms with Crippen molar-refractivity contribution in [1.29, 1.82) is 0 Å². The van der Waals surface area contributed by atoms with Crippen LogP contribution in [-0.4, -0.2) is 29.2 Å². The normalized spacial score (nSPS) is 15.8. The van der Waals surface area contributed by atoms with Crippen LogP contribution in [0.25, 0.3) is 6.08 Å². The third kappa shape index (κ3) is 4.14. The Morgan fingerprint density at radius 3 is 2.68 bits per heavy atom. The van der Waals surface area contributed by atoms with E-state index in [-0.39, 0.29) is 0 Å². The van der Waals surface area contributed by atoms with Crippen LogP contribution in [0.2, 0.25) is 5.02 Å². The minimum absolute atomic E-state index is 0.589. The van der Waals surface area contributed by atoms with Crippen molar-refractivity contribution in [2.45, 2.75) is 12.8 Å². The van der Waals surface area contributed by atoms with Crippen LogP contribution in [-0.2, 0) is 0 Å². The monoisotopic (exact) mass is 277 g/mol. The van der Waals surface area contributed by atoms with E-state index in [1.54, 1.807) is 0 Å². The number of allylic oxidation sites excluding steroid dienone is 2. The Labute approximate surface area is 117 Å². The molecule has 0 saturated carbocycles. The van der Waals surface area contributed by atoms with Crippen LogP contribution in [0.3, 0.4) is 0 Å². The second-order valence-electron chi connectivity index (χ2n) is 4.51. The van der Waals surface area contributed by atoms with Gasteiger partial charge in [-0.3, -0.25) is 0 Å². The second kappa shape index (κ2) is 6.43. The van der Waals surface area contributed by atoms with Crippen LogP contribution in [0.5, 0.6) is 0 Å². The molecule has 0 unspecified atom stereocenters. The molecular formula is C15H16ClNO2. The number of hydrogen-bond acceptors (Lipinski definition) is 1. The van der Waals surface area contributed by atoms with Gasteiger partial charge in [0.05, 0.1) is 0 Å². The first-order valence-corrected chi connectivity index (χ1v) is 6.62. The van der Waals surface area contributed by atoms with Crippen molar-refractivity contribution in [3.8, 4) is 0 Å². The summed E-state index contributed by atoms with van der Waals surface area (Å²) in [5.74, 6) is 0. The highest BCUT2D eigenvalue weighted by Crippen LogP contribution is 2.17. The zero-order chi connectivity index (χ0) is 13.7. The lowest BCUT2D eigenvalue weighted by molar-refractivity contribution is 0.141. The number of carboxylic acid groups (broad SMARTS) is 1. The summed E-state index contributed by atoms with van der Waals surface area (Å²) in [6, 6.07) is 7.66. The Balaban J connectivity index is 1.91. The zero-order valence-corrected chi connectivity index (χ0v) is 11.3. The van der Waals surface area contributed by atoms with Crippen molar-refractivity contribution in [2.24, 2.45) is 0 Å². The molecule has 1 N–H and O–H groups in total. The number of carbonyl (C=O) groups is 1. The van der Waals surface area contributed by atoms with E-state index in [1.165, 1.54) is 10.5 Å². The highest BCUT2D eigenvalue weighted by molar-refractivity contribution is 6.30. The van der Waals surface area contributed by atoms with Crippen molar-refractivity contribution in [3.63, 3.8) is 0 Å². The number of hydrogen-bond donors (Lipinski definition) is 1. The van der Waals surface area contributed by atoms with Gasteiger partial charge >= 0.3 is 6.09 Å². The maximum Gasteiger partial charge on any atom is 0.407 e. The third-order valence-electron chi connectivity index (χ3n) is 3.15. The molecule has 1 amide bonds. The molecule has 1 saturated heterocycles. The van der Waals surface area contributed by atoms with Crippen molar-refractivity contribution in [3.05, 3.63) is 52.6 Å². The van der Waals surface area contributed by atoms with Gasteiger partial charge < -0.3 is 10.0 Å². The largest absolute Gasteiger partial charge is 0.465 e. The van der Waals surface area contributed by atoms with Gasteiger partial charge in [-0.1, -0.05) is 47.5 Å². The predicted octanol–water partition coefficient (Wildman–Crippen LogP) is 4.05. The Hall–Kier alpha value is -1.74. The van der Waals surface area contributed by atoms with Gasteiger partial charge in [-0.05, 0) is 30.5 Å². The highest BCUT2D eigenvalue weighted by Gasteiger charge is 2.16. The molecule has 0 radical (unpaired) electrons. The highest BCUT2D eigenvalue weighted by atomic mass is 35.5. The van der Waals surface area contributed by atoms with E-state index in [1.807, 2.05) is 36.4 Å². The molecule has 0 aromatic heterocycles. The van der Waals surface area contributed by atoms with Crippen LogP contribution < -0.4 is 0 Å². The first-order valence-electron chi connectivity index (χ1n) is 6.25. The average molecular weight is 278 g/mol. The predicted molar refractivity (Wildman–Crippen MR) is 77.4 cm³/mol. The summed E-state index contributed by atoms with van der Waals surface area (Å²) < 4.78 is 0. The Morgan fingerprint density at radius 1 is 1.32 bits per heavy atom. The summed E-state index contributed by atoms with van der Waals surface area (Å²) >= 11 is 5.91. The topological polar surface area (TPSA) is 40.5 Å². The molecule has 3 nitrogen and oxygen atoms in total. The fourth-order valence-electron chi connectivity index (χ4n) is 2.06. The maximum atomic E-state index is 10.8. The van der Waals surface area contributed by atoms with Crippen LogP contribution in [0.15, 0.2) is 42.0 Å². The molecule has 19 heavy (non-hydrogen) atoms. The van der Waals surface area contributed by atoms with E-state index in [2.05, 4.69) is 6.08 Å². The number of nitrogens with zero attached hydrogens (tertiary/aromatic N) is 1. The van der Waals surface area contributed by atoms with Crippen molar-refractivity contribution in [1.82, 2.24) is 4.90 Å². The lowest BCUT2D eigenvalue weighted by atomic mass is 10.0. The van der Waals surface area contributed by atoms with E-state index >= 15 is 0 Å². The van der Waals surface area contributed by atoms with Gasteiger partial charge in [-0.2, -0.15) is 0 Å². The van der Waals surface area contributed by atoms with E-state index in [0.717, 1.165) is 23.4 Å². The summed E-state index contributed by atoms with van der Waals surface area (Å²) in [5.41, 5.74) is 2.35. The maximum absolute atomic E-state index is 10.8. The van der Waals surface area contributed by atoms with E-state index in [0.29, 0.717) is 13.1 Å². The molecule has 1 aliphatic heterocycles. The summed E-state index contributed by atoms with van der Waals surface area (Å²) in [4.78, 5) is 12.2. The van der Waals surface area contributed by atoms with Crippen LogP contribution >= 0.6 is 11.6 Å². The van der Waals surface area contributed by atoms with E-state index < -0.39 is 6.09 Å². The molecule has 1 heterocycles. The van der Waals surface area contributed by atoms with Gasteiger partial charge in [0.15, 0.2) is 0 Å². The first-order chi connectivity index (χ1) is 9.15. The van der Waals surface area contributed by atoms with Crippen molar-refractivity contribution in [2.75, 3.05) is 13.1 Å². The lowest BCUT2D eigenvalue weighted by Crippen LogP contribution is -2.35. The Bertz CT molecular complexity index is 513. The number of benzene rings is 1. The van der Waals surface area contributed by atoms with Gasteiger partial charge in [0, 0.05) is 18.1 Å². The Kier molecular flexibility index (Phi) is 4.63. The number of halogens is 1. The summed E-state index contributed by atoms with van der Waals surface area (Å²) in [5, 5.41) is 9.58. The Morgan fingerprint density at radius 2 is 2.05 bits per heavy atom. The van der Waals surface area contributed by atoms with Gasteiger partial charge in [0.25, 0.3) is 0 Å². The molecule has 4 heteroatoms. The summed E-state index contributed by atoms with van der Waals surface area (Å²) in [7, 11) is 0. The smallest absolute Gasteiger partial charge is 0.407 e. The van der Waals surface area contributed by atoms with Crippen LogP contribution in [0.1, 0.15) is 18.4 Å². The van der Waals surface area contributed by atoms with Crippen LogP contribution in [0.4, 0.5) is 4.79 Å². The molecule has 1 fully saturated rings. The number of likely N-dealkylation sites (tertiary alicyclic amines) is 1.